The Labute approximate surface area is 187 Å². The molecule has 1 amide bonds. The molecule has 32 heavy (non-hydrogen) atoms. The van der Waals surface area contributed by atoms with Gasteiger partial charge in [-0.05, 0) is 56.2 Å². The Morgan fingerprint density at radius 1 is 1.06 bits per heavy atom. The molecule has 10 heteroatoms. The molecule has 1 atom stereocenters. The summed E-state index contributed by atoms with van der Waals surface area (Å²) in [6.45, 7) is 2.22. The highest BCUT2D eigenvalue weighted by Crippen LogP contribution is 2.33. The number of methoxy groups -OCH3 is 2. The van der Waals surface area contributed by atoms with Crippen LogP contribution in [0.5, 0.6) is 11.5 Å². The quantitative estimate of drug-likeness (QED) is 0.601. The van der Waals surface area contributed by atoms with Crippen LogP contribution in [0.1, 0.15) is 30.1 Å². The molecule has 2 aromatic rings. The van der Waals surface area contributed by atoms with Crippen molar-refractivity contribution in [3.63, 3.8) is 0 Å². The topological polar surface area (TPSA) is 111 Å². The van der Waals surface area contributed by atoms with E-state index < -0.39 is 27.9 Å². The minimum atomic E-state index is -3.93. The maximum Gasteiger partial charge on any atom is 0.338 e. The molecule has 0 saturated carbocycles. The third kappa shape index (κ3) is 4.86. The monoisotopic (exact) mass is 462 g/mol. The van der Waals surface area contributed by atoms with Gasteiger partial charge in [0.05, 0.1) is 31.3 Å². The number of nitrogens with zero attached hydrogens (tertiary/aromatic N) is 1. The Morgan fingerprint density at radius 3 is 2.38 bits per heavy atom. The highest BCUT2D eigenvalue weighted by molar-refractivity contribution is 7.89. The van der Waals surface area contributed by atoms with E-state index in [9.17, 15) is 18.0 Å². The average Bonchev–Trinajstić information content (AvgIpc) is 3.30. The van der Waals surface area contributed by atoms with E-state index in [1.54, 1.807) is 31.2 Å². The van der Waals surface area contributed by atoms with Crippen molar-refractivity contribution < 1.29 is 32.2 Å². The highest BCUT2D eigenvalue weighted by atomic mass is 32.2. The molecule has 1 aliphatic heterocycles. The SMILES string of the molecule is CCOC(=O)c1ccc(NC(=O)C2CCCN2S(=O)(=O)c2ccc(OC)c(OC)c2)cc1. The standard InChI is InChI=1S/C22H26N2O7S/c1-4-31-22(26)15-7-9-16(10-8-15)23-21(25)18-6-5-13-24(18)32(27,28)17-11-12-19(29-2)20(14-17)30-3/h7-12,14,18H,4-6,13H2,1-3H3,(H,23,25). The van der Waals surface area contributed by atoms with Gasteiger partial charge in [-0.1, -0.05) is 0 Å². The van der Waals surface area contributed by atoms with Crippen molar-refractivity contribution in [1.29, 1.82) is 0 Å². The van der Waals surface area contributed by atoms with Crippen LogP contribution in [-0.4, -0.2) is 58.0 Å². The fraction of sp³-hybridized carbons (Fsp3) is 0.364. The molecule has 0 aliphatic carbocycles. The Morgan fingerprint density at radius 2 is 1.75 bits per heavy atom. The van der Waals surface area contributed by atoms with Gasteiger partial charge in [0.2, 0.25) is 15.9 Å². The number of hydrogen-bond donors (Lipinski definition) is 1. The molecule has 1 saturated heterocycles. The number of anilines is 1. The van der Waals surface area contributed by atoms with Crippen LogP contribution in [0.3, 0.4) is 0 Å². The number of esters is 1. The molecule has 1 unspecified atom stereocenters. The van der Waals surface area contributed by atoms with E-state index >= 15 is 0 Å². The fourth-order valence-electron chi connectivity index (χ4n) is 3.53. The van der Waals surface area contributed by atoms with Gasteiger partial charge in [0, 0.05) is 18.3 Å². The first-order valence-corrected chi connectivity index (χ1v) is 11.6. The number of benzene rings is 2. The number of sulfonamides is 1. The zero-order valence-electron chi connectivity index (χ0n) is 18.2. The summed E-state index contributed by atoms with van der Waals surface area (Å²) in [7, 11) is -1.04. The number of carbonyl (C=O) groups is 2. The summed E-state index contributed by atoms with van der Waals surface area (Å²) in [4.78, 5) is 24.7. The van der Waals surface area contributed by atoms with Crippen molar-refractivity contribution in [2.24, 2.45) is 0 Å². The summed E-state index contributed by atoms with van der Waals surface area (Å²) in [5, 5.41) is 2.73. The highest BCUT2D eigenvalue weighted by Gasteiger charge is 2.39. The predicted molar refractivity (Wildman–Crippen MR) is 117 cm³/mol. The average molecular weight is 463 g/mol. The Kier molecular flexibility index (Phi) is 7.37. The van der Waals surface area contributed by atoms with Gasteiger partial charge in [0.25, 0.3) is 0 Å². The minimum Gasteiger partial charge on any atom is -0.493 e. The maximum atomic E-state index is 13.2. The summed E-state index contributed by atoms with van der Waals surface area (Å²) in [5.41, 5.74) is 0.821. The summed E-state index contributed by atoms with van der Waals surface area (Å²) < 4.78 is 43.0. The second-order valence-corrected chi connectivity index (χ2v) is 8.97. The number of hydrogen-bond acceptors (Lipinski definition) is 7. The maximum absolute atomic E-state index is 13.2. The van der Waals surface area contributed by atoms with Gasteiger partial charge in [-0.2, -0.15) is 4.31 Å². The van der Waals surface area contributed by atoms with Crippen LogP contribution in [0.25, 0.3) is 0 Å². The van der Waals surface area contributed by atoms with Crippen molar-refractivity contribution in [3.05, 3.63) is 48.0 Å². The van der Waals surface area contributed by atoms with E-state index in [1.165, 1.54) is 36.7 Å². The lowest BCUT2D eigenvalue weighted by Gasteiger charge is -2.24. The number of carbonyl (C=O) groups excluding carboxylic acids is 2. The Bertz CT molecular complexity index is 1080. The van der Waals surface area contributed by atoms with Crippen molar-refractivity contribution in [3.8, 4) is 11.5 Å². The van der Waals surface area contributed by atoms with Gasteiger partial charge in [-0.3, -0.25) is 4.79 Å². The molecule has 1 heterocycles. The lowest BCUT2D eigenvalue weighted by molar-refractivity contribution is -0.119. The molecular formula is C22H26N2O7S. The lowest BCUT2D eigenvalue weighted by Crippen LogP contribution is -2.43. The number of rotatable bonds is 8. The van der Waals surface area contributed by atoms with Crippen molar-refractivity contribution >= 4 is 27.6 Å². The summed E-state index contributed by atoms with van der Waals surface area (Å²) in [6.07, 6.45) is 0.964. The van der Waals surface area contributed by atoms with E-state index in [0.717, 1.165) is 0 Å². The van der Waals surface area contributed by atoms with Gasteiger partial charge in [0.1, 0.15) is 6.04 Å². The Hall–Kier alpha value is -3.11. The molecule has 3 rings (SSSR count). The van der Waals surface area contributed by atoms with Crippen LogP contribution in [-0.2, 0) is 19.6 Å². The molecule has 0 aromatic heterocycles. The molecule has 1 N–H and O–H groups in total. The Balaban J connectivity index is 1.77. The molecule has 9 nitrogen and oxygen atoms in total. The molecule has 1 fully saturated rings. The normalized spacial score (nSPS) is 16.4. The molecular weight excluding hydrogens is 436 g/mol. The van der Waals surface area contributed by atoms with Gasteiger partial charge in [-0.15, -0.1) is 0 Å². The van der Waals surface area contributed by atoms with E-state index in [4.69, 9.17) is 14.2 Å². The molecule has 0 radical (unpaired) electrons. The molecule has 0 bridgehead atoms. The predicted octanol–water partition coefficient (Wildman–Crippen LogP) is 2.67. The molecule has 1 aliphatic rings. The fourth-order valence-corrected chi connectivity index (χ4v) is 5.20. The third-order valence-electron chi connectivity index (χ3n) is 5.13. The van der Waals surface area contributed by atoms with Crippen LogP contribution >= 0.6 is 0 Å². The number of nitrogens with one attached hydrogen (secondary N) is 1. The molecule has 0 spiro atoms. The van der Waals surface area contributed by atoms with Gasteiger partial charge < -0.3 is 19.5 Å². The molecule has 172 valence electrons. The van der Waals surface area contributed by atoms with Crippen LogP contribution < -0.4 is 14.8 Å². The second-order valence-electron chi connectivity index (χ2n) is 7.08. The van der Waals surface area contributed by atoms with Crippen molar-refractivity contribution in [2.75, 3.05) is 32.7 Å². The summed E-state index contributed by atoms with van der Waals surface area (Å²) in [6, 6.07) is 9.72. The summed E-state index contributed by atoms with van der Waals surface area (Å²) in [5.74, 6) is -0.187. The minimum absolute atomic E-state index is 0.0219. The van der Waals surface area contributed by atoms with Crippen LogP contribution in [0.4, 0.5) is 5.69 Å². The van der Waals surface area contributed by atoms with Crippen molar-refractivity contribution in [1.82, 2.24) is 4.31 Å². The van der Waals surface area contributed by atoms with Crippen LogP contribution in [0.2, 0.25) is 0 Å². The van der Waals surface area contributed by atoms with Gasteiger partial charge in [-0.25, -0.2) is 13.2 Å². The zero-order valence-corrected chi connectivity index (χ0v) is 19.0. The first kappa shape index (κ1) is 23.6. The van der Waals surface area contributed by atoms with Crippen LogP contribution in [0, 0.1) is 0 Å². The largest absolute Gasteiger partial charge is 0.493 e. The van der Waals surface area contributed by atoms with E-state index in [2.05, 4.69) is 5.32 Å². The van der Waals surface area contributed by atoms with Crippen molar-refractivity contribution in [2.45, 2.75) is 30.7 Å². The lowest BCUT2D eigenvalue weighted by atomic mass is 10.2. The first-order valence-electron chi connectivity index (χ1n) is 10.1. The smallest absolute Gasteiger partial charge is 0.338 e. The third-order valence-corrected chi connectivity index (χ3v) is 7.04. The van der Waals surface area contributed by atoms with Gasteiger partial charge >= 0.3 is 5.97 Å². The number of ether oxygens (including phenoxy) is 3. The van der Waals surface area contributed by atoms with Gasteiger partial charge in [0.15, 0.2) is 11.5 Å². The van der Waals surface area contributed by atoms with Crippen LogP contribution in [0.15, 0.2) is 47.4 Å². The molecule has 2 aromatic carbocycles. The van der Waals surface area contributed by atoms with E-state index in [1.807, 2.05) is 0 Å². The second kappa shape index (κ2) is 10.0. The first-order chi connectivity index (χ1) is 15.3. The summed E-state index contributed by atoms with van der Waals surface area (Å²) >= 11 is 0. The van der Waals surface area contributed by atoms with E-state index in [0.29, 0.717) is 29.8 Å². The zero-order chi connectivity index (χ0) is 23.3. The number of amides is 1. The van der Waals surface area contributed by atoms with E-state index in [-0.39, 0.29) is 23.8 Å².